The molecule has 0 atom stereocenters. The zero-order valence-electron chi connectivity index (χ0n) is 5.60. The molecule has 1 aromatic carbocycles. The van der Waals surface area contributed by atoms with Crippen LogP contribution in [0, 0.1) is 0 Å². The summed E-state index contributed by atoms with van der Waals surface area (Å²) in [6, 6.07) is 3.53. The van der Waals surface area contributed by atoms with Crippen molar-refractivity contribution in [1.29, 1.82) is 0 Å². The van der Waals surface area contributed by atoms with Crippen LogP contribution in [0.1, 0.15) is 0 Å². The van der Waals surface area contributed by atoms with Crippen LogP contribution in [0.15, 0.2) is 18.2 Å². The van der Waals surface area contributed by atoms with E-state index in [1.54, 1.807) is 0 Å². The Morgan fingerprint density at radius 2 is 1.73 bits per heavy atom. The summed E-state index contributed by atoms with van der Waals surface area (Å²) in [7, 11) is -1.71. The Hall–Kier alpha value is -1.20. The number of hydrogen-bond donors (Lipinski definition) is 4. The highest BCUT2D eigenvalue weighted by Gasteiger charge is 2.15. The maximum Gasteiger partial charge on any atom is 0.492 e. The second-order valence-electron chi connectivity index (χ2n) is 2.12. The SMILES string of the molecule is OB(O)c1ccc(O)cc1O. The molecule has 0 heterocycles. The topological polar surface area (TPSA) is 80.9 Å². The fraction of sp³-hybridized carbons (Fsp3) is 0. The molecule has 58 valence electrons. The van der Waals surface area contributed by atoms with E-state index in [2.05, 4.69) is 0 Å². The first-order chi connectivity index (χ1) is 5.11. The first-order valence-corrected chi connectivity index (χ1v) is 2.99. The Morgan fingerprint density at radius 1 is 1.09 bits per heavy atom. The highest BCUT2D eigenvalue weighted by atomic mass is 16.4. The van der Waals surface area contributed by atoms with E-state index in [1.165, 1.54) is 12.1 Å². The molecule has 4 N–H and O–H groups in total. The fourth-order valence-corrected chi connectivity index (χ4v) is 0.750. The maximum absolute atomic E-state index is 8.98. The van der Waals surface area contributed by atoms with Crippen LogP contribution in [-0.2, 0) is 0 Å². The summed E-state index contributed by atoms with van der Waals surface area (Å²) >= 11 is 0. The second-order valence-corrected chi connectivity index (χ2v) is 2.12. The van der Waals surface area contributed by atoms with Crippen LogP contribution < -0.4 is 5.46 Å². The molecule has 0 radical (unpaired) electrons. The van der Waals surface area contributed by atoms with Gasteiger partial charge in [-0.2, -0.15) is 0 Å². The molecule has 0 aliphatic carbocycles. The summed E-state index contributed by atoms with van der Waals surface area (Å²) in [6.45, 7) is 0. The third-order valence-electron chi connectivity index (χ3n) is 1.29. The van der Waals surface area contributed by atoms with Gasteiger partial charge in [0.2, 0.25) is 0 Å². The third kappa shape index (κ3) is 1.63. The van der Waals surface area contributed by atoms with Gasteiger partial charge in [0.1, 0.15) is 11.5 Å². The molecule has 4 nitrogen and oxygen atoms in total. The van der Waals surface area contributed by atoms with Crippen LogP contribution in [0.4, 0.5) is 0 Å². The molecule has 11 heavy (non-hydrogen) atoms. The van der Waals surface area contributed by atoms with Gasteiger partial charge in [0.15, 0.2) is 0 Å². The predicted molar refractivity (Wildman–Crippen MR) is 39.6 cm³/mol. The summed E-state index contributed by atoms with van der Waals surface area (Å²) in [5.74, 6) is -0.452. The Labute approximate surface area is 63.5 Å². The van der Waals surface area contributed by atoms with E-state index in [1.807, 2.05) is 0 Å². The standard InChI is InChI=1S/C6H7BO4/c8-4-1-2-5(7(10)11)6(9)3-4/h1-3,8-11H. The lowest BCUT2D eigenvalue weighted by atomic mass is 9.79. The van der Waals surface area contributed by atoms with Gasteiger partial charge in [-0.1, -0.05) is 6.07 Å². The van der Waals surface area contributed by atoms with Gasteiger partial charge < -0.3 is 20.3 Å². The average Bonchev–Trinajstić information content (AvgIpc) is 1.85. The lowest BCUT2D eigenvalue weighted by Gasteiger charge is -2.01. The predicted octanol–water partition coefficient (Wildman–Crippen LogP) is -1.22. The lowest BCUT2D eigenvalue weighted by molar-refractivity contribution is 0.418. The molecule has 0 unspecified atom stereocenters. The fourth-order valence-electron chi connectivity index (χ4n) is 0.750. The Balaban J connectivity index is 3.09. The van der Waals surface area contributed by atoms with Crippen molar-refractivity contribution in [2.45, 2.75) is 0 Å². The average molecular weight is 154 g/mol. The molecule has 0 aliphatic heterocycles. The highest BCUT2D eigenvalue weighted by molar-refractivity contribution is 6.59. The molecule has 0 aromatic heterocycles. The van der Waals surface area contributed by atoms with Crippen LogP contribution in [0.3, 0.4) is 0 Å². The van der Waals surface area contributed by atoms with E-state index >= 15 is 0 Å². The summed E-state index contributed by atoms with van der Waals surface area (Å²) in [5.41, 5.74) is -0.0252. The number of benzene rings is 1. The first kappa shape index (κ1) is 7.91. The van der Waals surface area contributed by atoms with Crippen molar-refractivity contribution in [2.75, 3.05) is 0 Å². The van der Waals surface area contributed by atoms with Gasteiger partial charge in [-0.25, -0.2) is 0 Å². The van der Waals surface area contributed by atoms with Gasteiger partial charge in [0.05, 0.1) is 0 Å². The van der Waals surface area contributed by atoms with E-state index in [9.17, 15) is 0 Å². The summed E-state index contributed by atoms with van der Waals surface area (Å²) < 4.78 is 0. The van der Waals surface area contributed by atoms with Crippen LogP contribution in [-0.4, -0.2) is 27.4 Å². The molecule has 0 fully saturated rings. The number of aromatic hydroxyl groups is 2. The van der Waals surface area contributed by atoms with Crippen molar-refractivity contribution in [3.05, 3.63) is 18.2 Å². The van der Waals surface area contributed by atoms with Gasteiger partial charge in [-0.05, 0) is 6.07 Å². The van der Waals surface area contributed by atoms with Gasteiger partial charge in [0.25, 0.3) is 0 Å². The summed E-state index contributed by atoms with van der Waals surface area (Å²) in [4.78, 5) is 0. The quantitative estimate of drug-likeness (QED) is 0.382. The molecule has 0 aliphatic rings. The normalized spacial score (nSPS) is 9.64. The summed E-state index contributed by atoms with van der Waals surface area (Å²) in [6.07, 6.45) is 0. The molecule has 5 heteroatoms. The number of hydrogen-bond acceptors (Lipinski definition) is 4. The Bertz CT molecular complexity index is 261. The highest BCUT2D eigenvalue weighted by Crippen LogP contribution is 2.13. The zero-order chi connectivity index (χ0) is 8.43. The minimum atomic E-state index is -1.71. The number of phenols is 2. The van der Waals surface area contributed by atoms with Gasteiger partial charge >= 0.3 is 7.12 Å². The first-order valence-electron chi connectivity index (χ1n) is 2.99. The molecule has 0 amide bonds. The van der Waals surface area contributed by atoms with Gasteiger partial charge in [0, 0.05) is 11.5 Å². The molecule has 0 bridgehead atoms. The van der Waals surface area contributed by atoms with E-state index in [-0.39, 0.29) is 17.0 Å². The minimum Gasteiger partial charge on any atom is -0.508 e. The summed E-state index contributed by atoms with van der Waals surface area (Å²) in [5, 5.41) is 35.0. The van der Waals surface area contributed by atoms with Crippen molar-refractivity contribution >= 4 is 12.6 Å². The molecular weight excluding hydrogens is 147 g/mol. The van der Waals surface area contributed by atoms with E-state index in [0.29, 0.717) is 0 Å². The van der Waals surface area contributed by atoms with Crippen molar-refractivity contribution < 1.29 is 20.3 Å². The van der Waals surface area contributed by atoms with E-state index in [0.717, 1.165) is 6.07 Å². The minimum absolute atomic E-state index is 0.0252. The smallest absolute Gasteiger partial charge is 0.492 e. The molecule has 1 aromatic rings. The maximum atomic E-state index is 8.98. The lowest BCUT2D eigenvalue weighted by Crippen LogP contribution is -2.29. The largest absolute Gasteiger partial charge is 0.508 e. The number of phenolic OH excluding ortho intramolecular Hbond substituents is 2. The monoisotopic (exact) mass is 154 g/mol. The van der Waals surface area contributed by atoms with Gasteiger partial charge in [-0.15, -0.1) is 0 Å². The van der Waals surface area contributed by atoms with Crippen molar-refractivity contribution in [2.24, 2.45) is 0 Å². The molecule has 1 rings (SSSR count). The van der Waals surface area contributed by atoms with E-state index < -0.39 is 7.12 Å². The van der Waals surface area contributed by atoms with Gasteiger partial charge in [-0.3, -0.25) is 0 Å². The third-order valence-corrected chi connectivity index (χ3v) is 1.29. The Morgan fingerprint density at radius 3 is 2.18 bits per heavy atom. The molecule has 0 saturated heterocycles. The molecular formula is C6H7BO4. The molecule has 0 saturated carbocycles. The van der Waals surface area contributed by atoms with E-state index in [4.69, 9.17) is 20.3 Å². The van der Waals surface area contributed by atoms with Crippen molar-refractivity contribution in [3.63, 3.8) is 0 Å². The Kier molecular flexibility index (Phi) is 2.02. The zero-order valence-corrected chi connectivity index (χ0v) is 5.60. The van der Waals surface area contributed by atoms with Crippen molar-refractivity contribution in [1.82, 2.24) is 0 Å². The second kappa shape index (κ2) is 2.81. The van der Waals surface area contributed by atoms with Crippen LogP contribution in [0.25, 0.3) is 0 Å². The van der Waals surface area contributed by atoms with Crippen molar-refractivity contribution in [3.8, 4) is 11.5 Å². The number of rotatable bonds is 1. The van der Waals surface area contributed by atoms with Crippen LogP contribution >= 0.6 is 0 Å². The molecule has 0 spiro atoms. The van der Waals surface area contributed by atoms with Crippen LogP contribution in [0.2, 0.25) is 0 Å². The van der Waals surface area contributed by atoms with Crippen LogP contribution in [0.5, 0.6) is 11.5 Å².